The summed E-state index contributed by atoms with van der Waals surface area (Å²) < 4.78 is 6.58. The summed E-state index contributed by atoms with van der Waals surface area (Å²) in [6.45, 7) is 7.16. The quantitative estimate of drug-likeness (QED) is 0.256. The minimum atomic E-state index is -2.45. The van der Waals surface area contributed by atoms with Gasteiger partial charge in [0.05, 0.1) is 0 Å². The Bertz CT molecular complexity index is 731. The van der Waals surface area contributed by atoms with Crippen LogP contribution in [0.3, 0.4) is 0 Å². The summed E-state index contributed by atoms with van der Waals surface area (Å²) >= 11 is -0.386. The zero-order valence-electron chi connectivity index (χ0n) is 18.9. The van der Waals surface area contributed by atoms with Crippen molar-refractivity contribution >= 4 is 33.7 Å². The molecular weight excluding hydrogens is 475 g/mol. The molecule has 0 fully saturated rings. The van der Waals surface area contributed by atoms with Crippen molar-refractivity contribution in [2.24, 2.45) is 0 Å². The predicted octanol–water partition coefficient (Wildman–Crippen LogP) is 8.38. The summed E-state index contributed by atoms with van der Waals surface area (Å²) in [4.78, 5) is 3.05. The first-order valence-electron chi connectivity index (χ1n) is 12.1. The van der Waals surface area contributed by atoms with E-state index < -0.39 is 18.4 Å². The molecule has 29 heavy (non-hydrogen) atoms. The second-order valence-corrected chi connectivity index (χ2v) is 23.2. The summed E-state index contributed by atoms with van der Waals surface area (Å²) in [5.41, 5.74) is 3.34. The van der Waals surface area contributed by atoms with E-state index >= 15 is 0 Å². The van der Waals surface area contributed by atoms with Crippen LogP contribution in [-0.4, -0.2) is 18.4 Å². The van der Waals surface area contributed by atoms with Gasteiger partial charge in [0.2, 0.25) is 0 Å². The molecule has 2 aromatic carbocycles. The molecule has 0 atom stereocenters. The fraction of sp³-hybridized carbons (Fsp3) is 0.556. The molecule has 3 rings (SSSR count). The van der Waals surface area contributed by atoms with E-state index in [0.717, 1.165) is 0 Å². The van der Waals surface area contributed by atoms with E-state index in [-0.39, 0.29) is 0 Å². The number of fused-ring (bicyclic) bond motifs is 1. The van der Waals surface area contributed by atoms with Gasteiger partial charge >= 0.3 is 189 Å². The second-order valence-electron chi connectivity index (χ2n) is 8.98. The van der Waals surface area contributed by atoms with Gasteiger partial charge in [0.15, 0.2) is 0 Å². The first kappa shape index (κ1) is 23.3. The van der Waals surface area contributed by atoms with Gasteiger partial charge in [-0.05, 0) is 0 Å². The van der Waals surface area contributed by atoms with Crippen LogP contribution in [0.25, 0.3) is 0 Å². The molecule has 158 valence electrons. The molecule has 0 saturated carbocycles. The summed E-state index contributed by atoms with van der Waals surface area (Å²) in [5.74, 6) is 0. The number of hydrogen-bond donors (Lipinski definition) is 0. The molecule has 1 aliphatic carbocycles. The Morgan fingerprint density at radius 1 is 0.759 bits per heavy atom. The zero-order valence-corrected chi connectivity index (χ0v) is 22.6. The van der Waals surface area contributed by atoms with Crippen molar-refractivity contribution in [3.8, 4) is 0 Å². The molecule has 0 saturated heterocycles. The number of unbranched alkanes of at least 4 members (excludes halogenated alkanes) is 3. The van der Waals surface area contributed by atoms with Crippen LogP contribution in [0.4, 0.5) is 0 Å². The van der Waals surface area contributed by atoms with Crippen LogP contribution in [0.1, 0.15) is 76.8 Å². The van der Waals surface area contributed by atoms with Crippen molar-refractivity contribution in [3.63, 3.8) is 0 Å². The van der Waals surface area contributed by atoms with Gasteiger partial charge in [0, 0.05) is 0 Å². The summed E-state index contributed by atoms with van der Waals surface area (Å²) in [6, 6.07) is 16.5. The molecule has 0 radical (unpaired) electrons. The fourth-order valence-corrected chi connectivity index (χ4v) is 24.2. The van der Waals surface area contributed by atoms with Crippen molar-refractivity contribution in [3.05, 3.63) is 53.6 Å². The van der Waals surface area contributed by atoms with Gasteiger partial charge < -0.3 is 0 Å². The number of hydrogen-bond acceptors (Lipinski definition) is 1. The molecule has 0 N–H and O–H groups in total. The van der Waals surface area contributed by atoms with Crippen LogP contribution >= 0.6 is 11.8 Å². The van der Waals surface area contributed by atoms with Gasteiger partial charge in [0.1, 0.15) is 0 Å². The van der Waals surface area contributed by atoms with Crippen molar-refractivity contribution in [1.29, 1.82) is 0 Å². The average molecular weight is 515 g/mol. The average Bonchev–Trinajstić information content (AvgIpc) is 3.21. The third-order valence-corrected chi connectivity index (χ3v) is 24.0. The van der Waals surface area contributed by atoms with Crippen molar-refractivity contribution in [2.45, 2.75) is 102 Å². The Balaban J connectivity index is 2.08. The second kappa shape index (κ2) is 11.8. The Hall–Kier alpha value is -0.411. The molecule has 2 heteroatoms. The number of rotatable bonds is 12. The van der Waals surface area contributed by atoms with Crippen molar-refractivity contribution < 1.29 is 0 Å². The third kappa shape index (κ3) is 6.06. The van der Waals surface area contributed by atoms with Crippen LogP contribution < -0.4 is 3.58 Å². The van der Waals surface area contributed by atoms with Crippen molar-refractivity contribution in [1.82, 2.24) is 0 Å². The van der Waals surface area contributed by atoms with E-state index in [9.17, 15) is 0 Å². The molecule has 0 aromatic heterocycles. The summed E-state index contributed by atoms with van der Waals surface area (Å²) in [6.07, 6.45) is 12.3. The first-order valence-corrected chi connectivity index (χ1v) is 20.4. The molecule has 0 nitrogen and oxygen atoms in total. The minimum absolute atomic E-state index is 1.29. The van der Waals surface area contributed by atoms with E-state index in [1.165, 1.54) is 62.7 Å². The molecular formula is C27H40SSn. The SMILES string of the molecule is CCC[CH2][Sn]([CH2]CCC)([CH2]CCC)[c]1cc2c(cc1Sc1ccccc1)CCC2. The van der Waals surface area contributed by atoms with E-state index in [2.05, 4.69) is 75.0 Å². The summed E-state index contributed by atoms with van der Waals surface area (Å²) in [7, 11) is 0. The van der Waals surface area contributed by atoms with Crippen molar-refractivity contribution in [2.75, 3.05) is 0 Å². The van der Waals surface area contributed by atoms with Gasteiger partial charge in [-0.25, -0.2) is 0 Å². The predicted molar refractivity (Wildman–Crippen MR) is 134 cm³/mol. The maximum absolute atomic E-state index is 2.75. The maximum atomic E-state index is 2.75. The van der Waals surface area contributed by atoms with E-state index in [0.29, 0.717) is 0 Å². The summed E-state index contributed by atoms with van der Waals surface area (Å²) in [5, 5.41) is 0. The van der Waals surface area contributed by atoms with E-state index in [1.807, 2.05) is 3.58 Å². The van der Waals surface area contributed by atoms with Gasteiger partial charge in [-0.2, -0.15) is 0 Å². The Labute approximate surface area is 188 Å². The topological polar surface area (TPSA) is 0 Å². The molecule has 0 aliphatic heterocycles. The number of benzene rings is 2. The van der Waals surface area contributed by atoms with Gasteiger partial charge in [0.25, 0.3) is 0 Å². The molecule has 0 unspecified atom stereocenters. The molecule has 0 spiro atoms. The van der Waals surface area contributed by atoms with Crippen LogP contribution in [0.15, 0.2) is 52.3 Å². The van der Waals surface area contributed by atoms with Gasteiger partial charge in [-0.3, -0.25) is 0 Å². The molecule has 0 bridgehead atoms. The van der Waals surface area contributed by atoms with Gasteiger partial charge in [-0.1, -0.05) is 0 Å². The monoisotopic (exact) mass is 516 g/mol. The van der Waals surface area contributed by atoms with E-state index in [4.69, 9.17) is 0 Å². The third-order valence-electron chi connectivity index (χ3n) is 6.76. The Kier molecular flexibility index (Phi) is 9.49. The van der Waals surface area contributed by atoms with Crippen LogP contribution in [0.2, 0.25) is 13.3 Å². The molecule has 0 amide bonds. The standard InChI is InChI=1S/C15H13S.3C4H9.Sn/c1-2-7-14(8-3-1)16-15-10-9-12-5-4-6-13(12)11-15;3*1-3-4-2;/h1-3,7-9,11H,4-6H2;3*1,3-4H2,2H3;. The van der Waals surface area contributed by atoms with Crippen LogP contribution in [0, 0.1) is 0 Å². The normalized spacial score (nSPS) is 13.6. The van der Waals surface area contributed by atoms with Crippen LogP contribution in [0.5, 0.6) is 0 Å². The zero-order chi connectivity index (χ0) is 20.5. The molecule has 0 heterocycles. The van der Waals surface area contributed by atoms with Crippen LogP contribution in [-0.2, 0) is 12.8 Å². The Morgan fingerprint density at radius 3 is 1.86 bits per heavy atom. The first-order chi connectivity index (χ1) is 14.2. The molecule has 2 aromatic rings. The Morgan fingerprint density at radius 2 is 1.31 bits per heavy atom. The van der Waals surface area contributed by atoms with Gasteiger partial charge in [-0.15, -0.1) is 0 Å². The molecule has 1 aliphatic rings. The van der Waals surface area contributed by atoms with E-state index in [1.54, 1.807) is 29.3 Å². The fourth-order valence-electron chi connectivity index (χ4n) is 5.04. The number of aryl methyl sites for hydroxylation is 2.